The second kappa shape index (κ2) is 3.05. The van der Waals surface area contributed by atoms with Crippen molar-refractivity contribution in [1.29, 1.82) is 0 Å². The zero-order valence-corrected chi connectivity index (χ0v) is 7.78. The van der Waals surface area contributed by atoms with E-state index in [-0.39, 0.29) is 0 Å². The van der Waals surface area contributed by atoms with E-state index >= 15 is 0 Å². The van der Waals surface area contributed by atoms with E-state index in [0.717, 1.165) is 18.0 Å². The molecule has 2 aromatic heterocycles. The van der Waals surface area contributed by atoms with Gasteiger partial charge in [0.15, 0.2) is 5.65 Å². The fourth-order valence-electron chi connectivity index (χ4n) is 1.36. The summed E-state index contributed by atoms with van der Waals surface area (Å²) >= 11 is 0. The lowest BCUT2D eigenvalue weighted by atomic mass is 10.3. The van der Waals surface area contributed by atoms with Crippen LogP contribution in [0, 0.1) is 6.92 Å². The highest BCUT2D eigenvalue weighted by Crippen LogP contribution is 2.12. The number of aryl methyl sites for hydroxylation is 1. The molecule has 2 rings (SSSR count). The van der Waals surface area contributed by atoms with Crippen LogP contribution in [-0.2, 0) is 0 Å². The molecule has 0 atom stereocenters. The van der Waals surface area contributed by atoms with Gasteiger partial charge in [0.1, 0.15) is 12.1 Å². The van der Waals surface area contributed by atoms with Gasteiger partial charge in [0, 0.05) is 6.54 Å². The summed E-state index contributed by atoms with van der Waals surface area (Å²) in [5, 5.41) is 7.36. The van der Waals surface area contributed by atoms with Gasteiger partial charge in [-0.1, -0.05) is 0 Å². The van der Waals surface area contributed by atoms with Crippen LogP contribution >= 0.6 is 0 Å². The molecular weight excluding hydrogens is 164 g/mol. The van der Waals surface area contributed by atoms with Crippen LogP contribution in [0.25, 0.3) is 5.65 Å². The van der Waals surface area contributed by atoms with Gasteiger partial charge in [-0.25, -0.2) is 4.98 Å². The van der Waals surface area contributed by atoms with E-state index < -0.39 is 0 Å². The van der Waals surface area contributed by atoms with Crippen LogP contribution in [-0.4, -0.2) is 21.1 Å². The molecule has 0 aliphatic carbocycles. The van der Waals surface area contributed by atoms with Gasteiger partial charge in [-0.2, -0.15) is 9.61 Å². The van der Waals surface area contributed by atoms with Gasteiger partial charge in [-0.15, -0.1) is 0 Å². The number of hydrogen-bond acceptors (Lipinski definition) is 3. The maximum atomic E-state index is 4.13. The Kier molecular flexibility index (Phi) is 1.88. The molecule has 68 valence electrons. The first-order valence-corrected chi connectivity index (χ1v) is 4.35. The summed E-state index contributed by atoms with van der Waals surface area (Å²) in [7, 11) is 0. The van der Waals surface area contributed by atoms with Crippen LogP contribution in [0.1, 0.15) is 12.5 Å². The Bertz CT molecular complexity index is 418. The Hall–Kier alpha value is -1.58. The lowest BCUT2D eigenvalue weighted by molar-refractivity contribution is 0.948. The normalized spacial score (nSPS) is 10.6. The Morgan fingerprint density at radius 2 is 2.31 bits per heavy atom. The molecule has 0 aromatic carbocycles. The zero-order chi connectivity index (χ0) is 9.26. The van der Waals surface area contributed by atoms with Crippen LogP contribution in [0.4, 0.5) is 5.82 Å². The van der Waals surface area contributed by atoms with Crippen LogP contribution < -0.4 is 5.32 Å². The third-order valence-corrected chi connectivity index (χ3v) is 1.88. The van der Waals surface area contributed by atoms with Gasteiger partial charge in [0.25, 0.3) is 0 Å². The van der Waals surface area contributed by atoms with Crippen LogP contribution in [0.3, 0.4) is 0 Å². The summed E-state index contributed by atoms with van der Waals surface area (Å²) in [5.41, 5.74) is 2.08. The summed E-state index contributed by atoms with van der Waals surface area (Å²) in [6, 6.07) is 4.07. The van der Waals surface area contributed by atoms with Crippen LogP contribution in [0.5, 0.6) is 0 Å². The first-order valence-electron chi connectivity index (χ1n) is 4.35. The van der Waals surface area contributed by atoms with Crippen LogP contribution in [0.15, 0.2) is 18.5 Å². The van der Waals surface area contributed by atoms with Gasteiger partial charge < -0.3 is 5.32 Å². The number of nitrogens with zero attached hydrogens (tertiary/aromatic N) is 3. The highest BCUT2D eigenvalue weighted by Gasteiger charge is 2.01. The van der Waals surface area contributed by atoms with E-state index in [1.165, 1.54) is 5.56 Å². The first-order chi connectivity index (χ1) is 6.31. The number of anilines is 1. The molecule has 13 heavy (non-hydrogen) atoms. The molecule has 0 radical (unpaired) electrons. The Morgan fingerprint density at radius 1 is 1.46 bits per heavy atom. The largest absolute Gasteiger partial charge is 0.370 e. The van der Waals surface area contributed by atoms with Crippen molar-refractivity contribution in [3.05, 3.63) is 24.0 Å². The Balaban J connectivity index is 2.63. The third-order valence-electron chi connectivity index (χ3n) is 1.88. The Morgan fingerprint density at radius 3 is 3.08 bits per heavy atom. The lowest BCUT2D eigenvalue weighted by Crippen LogP contribution is -2.04. The fraction of sp³-hybridized carbons (Fsp3) is 0.333. The molecule has 0 bridgehead atoms. The molecule has 1 N–H and O–H groups in total. The summed E-state index contributed by atoms with van der Waals surface area (Å²) in [5.74, 6) is 0.995. The summed E-state index contributed by atoms with van der Waals surface area (Å²) in [6.45, 7) is 5.00. The van der Waals surface area contributed by atoms with Gasteiger partial charge in [-0.3, -0.25) is 0 Å². The zero-order valence-electron chi connectivity index (χ0n) is 7.78. The molecule has 2 aromatic rings. The number of fused-ring (bicyclic) bond motifs is 1. The number of nitrogens with one attached hydrogen (secondary N) is 1. The van der Waals surface area contributed by atoms with E-state index in [2.05, 4.69) is 35.3 Å². The summed E-state index contributed by atoms with van der Waals surface area (Å²) in [6.07, 6.45) is 1.57. The second-order valence-corrected chi connectivity index (χ2v) is 2.98. The van der Waals surface area contributed by atoms with Crippen molar-refractivity contribution in [2.24, 2.45) is 0 Å². The van der Waals surface area contributed by atoms with Gasteiger partial charge in [-0.05, 0) is 31.5 Å². The van der Waals surface area contributed by atoms with Gasteiger partial charge >= 0.3 is 0 Å². The quantitative estimate of drug-likeness (QED) is 0.753. The minimum atomic E-state index is 0.885. The van der Waals surface area contributed by atoms with Crippen LogP contribution in [0.2, 0.25) is 0 Å². The van der Waals surface area contributed by atoms with Crippen molar-refractivity contribution in [2.45, 2.75) is 13.8 Å². The van der Waals surface area contributed by atoms with Crippen molar-refractivity contribution in [3.8, 4) is 0 Å². The van der Waals surface area contributed by atoms with E-state index in [4.69, 9.17) is 0 Å². The smallest absolute Gasteiger partial charge is 0.157 e. The molecule has 0 aliphatic heterocycles. The molecular formula is C9H12N4. The predicted molar refractivity (Wildman–Crippen MR) is 51.9 cm³/mol. The van der Waals surface area contributed by atoms with Crippen molar-refractivity contribution in [3.63, 3.8) is 0 Å². The van der Waals surface area contributed by atoms with Crippen molar-refractivity contribution >= 4 is 11.5 Å². The van der Waals surface area contributed by atoms with E-state index in [1.54, 1.807) is 10.8 Å². The molecule has 2 heterocycles. The predicted octanol–water partition coefficient (Wildman–Crippen LogP) is 1.47. The van der Waals surface area contributed by atoms with Crippen molar-refractivity contribution in [1.82, 2.24) is 14.6 Å². The average Bonchev–Trinajstić information content (AvgIpc) is 2.52. The summed E-state index contributed by atoms with van der Waals surface area (Å²) in [4.78, 5) is 4.13. The lowest BCUT2D eigenvalue weighted by Gasteiger charge is -2.05. The molecule has 4 nitrogen and oxygen atoms in total. The molecule has 0 aliphatic rings. The van der Waals surface area contributed by atoms with E-state index in [0.29, 0.717) is 0 Å². The van der Waals surface area contributed by atoms with E-state index in [1.807, 2.05) is 6.07 Å². The average molecular weight is 176 g/mol. The fourth-order valence-corrected chi connectivity index (χ4v) is 1.36. The van der Waals surface area contributed by atoms with Crippen molar-refractivity contribution in [2.75, 3.05) is 11.9 Å². The van der Waals surface area contributed by atoms with Gasteiger partial charge in [0.05, 0.1) is 0 Å². The van der Waals surface area contributed by atoms with Crippen molar-refractivity contribution < 1.29 is 0 Å². The summed E-state index contributed by atoms with van der Waals surface area (Å²) < 4.78 is 1.80. The molecule has 0 spiro atoms. The third kappa shape index (κ3) is 1.35. The first kappa shape index (κ1) is 8.04. The molecule has 4 heteroatoms. The highest BCUT2D eigenvalue weighted by molar-refractivity contribution is 5.51. The molecule has 0 saturated heterocycles. The topological polar surface area (TPSA) is 42.2 Å². The minimum Gasteiger partial charge on any atom is -0.370 e. The molecule has 0 amide bonds. The molecule has 0 saturated carbocycles. The second-order valence-electron chi connectivity index (χ2n) is 2.98. The number of hydrogen-bond donors (Lipinski definition) is 1. The minimum absolute atomic E-state index is 0.885. The standard InChI is InChI=1S/C9H12N4/c1-3-10-8-4-7(2)5-9-11-6-12-13(8)9/h4-6,10H,3H2,1-2H3. The monoisotopic (exact) mass is 176 g/mol. The molecule has 0 fully saturated rings. The number of rotatable bonds is 2. The molecule has 0 unspecified atom stereocenters. The number of pyridine rings is 1. The SMILES string of the molecule is CCNc1cc(C)cc2ncnn12. The maximum absolute atomic E-state index is 4.13. The van der Waals surface area contributed by atoms with Gasteiger partial charge in [0.2, 0.25) is 0 Å². The number of aromatic nitrogens is 3. The Labute approximate surface area is 76.6 Å². The highest BCUT2D eigenvalue weighted by atomic mass is 15.3. The maximum Gasteiger partial charge on any atom is 0.157 e. The van der Waals surface area contributed by atoms with E-state index in [9.17, 15) is 0 Å².